The molecule has 0 atom stereocenters. The molecule has 0 spiro atoms. The first-order chi connectivity index (χ1) is 7.15. The van der Waals surface area contributed by atoms with Gasteiger partial charge in [0.15, 0.2) is 0 Å². The van der Waals surface area contributed by atoms with Crippen LogP contribution in [0.25, 0.3) is 0 Å². The third-order valence-corrected chi connectivity index (χ3v) is 2.41. The Morgan fingerprint density at radius 1 is 1.20 bits per heavy atom. The van der Waals surface area contributed by atoms with Gasteiger partial charge in [-0.25, -0.2) is 0 Å². The van der Waals surface area contributed by atoms with E-state index in [0.717, 1.165) is 22.6 Å². The molecule has 0 saturated heterocycles. The van der Waals surface area contributed by atoms with E-state index in [-0.39, 0.29) is 6.61 Å². The molecule has 15 heavy (non-hydrogen) atoms. The molecule has 1 aromatic rings. The maximum absolute atomic E-state index is 9.20. The molecular formula is C12H18O3. The van der Waals surface area contributed by atoms with Crippen molar-refractivity contribution in [1.82, 2.24) is 0 Å². The van der Waals surface area contributed by atoms with Crippen molar-refractivity contribution in [3.63, 3.8) is 0 Å². The number of benzene rings is 1. The van der Waals surface area contributed by atoms with E-state index < -0.39 is 0 Å². The number of aliphatic hydroxyl groups excluding tert-OH is 1. The Morgan fingerprint density at radius 3 is 2.27 bits per heavy atom. The van der Waals surface area contributed by atoms with Crippen LogP contribution in [-0.2, 0) is 6.61 Å². The van der Waals surface area contributed by atoms with Crippen molar-refractivity contribution < 1.29 is 14.6 Å². The summed E-state index contributed by atoms with van der Waals surface area (Å²) in [6, 6.07) is 3.69. The zero-order valence-corrected chi connectivity index (χ0v) is 9.70. The van der Waals surface area contributed by atoms with Crippen LogP contribution >= 0.6 is 0 Å². The predicted octanol–water partition coefficient (Wildman–Crippen LogP) is 2.32. The Bertz CT molecular complexity index is 332. The Kier molecular flexibility index (Phi) is 3.97. The summed E-state index contributed by atoms with van der Waals surface area (Å²) in [5.74, 6) is 1.83. The average molecular weight is 210 g/mol. The summed E-state index contributed by atoms with van der Waals surface area (Å²) in [6.45, 7) is 4.12. The number of rotatable bonds is 4. The van der Waals surface area contributed by atoms with E-state index in [1.54, 1.807) is 14.2 Å². The van der Waals surface area contributed by atoms with Crippen LogP contribution in [0.2, 0.25) is 0 Å². The molecule has 0 aromatic heterocycles. The number of aliphatic hydroxyl groups is 1. The Morgan fingerprint density at radius 2 is 1.87 bits per heavy atom. The van der Waals surface area contributed by atoms with Gasteiger partial charge in [0.05, 0.1) is 20.8 Å². The second kappa shape index (κ2) is 5.03. The summed E-state index contributed by atoms with van der Waals surface area (Å²) in [5.41, 5.74) is 1.80. The van der Waals surface area contributed by atoms with Crippen LogP contribution in [0.4, 0.5) is 0 Å². The molecule has 84 valence electrons. The molecule has 0 heterocycles. The molecule has 1 rings (SSSR count). The average Bonchev–Trinajstić information content (AvgIpc) is 2.26. The third-order valence-electron chi connectivity index (χ3n) is 2.41. The van der Waals surface area contributed by atoms with Gasteiger partial charge in [0.1, 0.15) is 11.5 Å². The SMILES string of the molecule is COc1ccc(CO)c(OC)c1C(C)C. The quantitative estimate of drug-likeness (QED) is 0.828. The highest BCUT2D eigenvalue weighted by atomic mass is 16.5. The van der Waals surface area contributed by atoms with Crippen LogP contribution in [0.15, 0.2) is 12.1 Å². The minimum Gasteiger partial charge on any atom is -0.496 e. The smallest absolute Gasteiger partial charge is 0.131 e. The van der Waals surface area contributed by atoms with Crippen molar-refractivity contribution in [2.24, 2.45) is 0 Å². The van der Waals surface area contributed by atoms with Gasteiger partial charge in [0.25, 0.3) is 0 Å². The molecule has 0 unspecified atom stereocenters. The monoisotopic (exact) mass is 210 g/mol. The molecule has 3 nitrogen and oxygen atoms in total. The lowest BCUT2D eigenvalue weighted by atomic mass is 9.98. The summed E-state index contributed by atoms with van der Waals surface area (Å²) in [6.07, 6.45) is 0. The van der Waals surface area contributed by atoms with Crippen LogP contribution in [-0.4, -0.2) is 19.3 Å². The van der Waals surface area contributed by atoms with Crippen molar-refractivity contribution in [2.75, 3.05) is 14.2 Å². The van der Waals surface area contributed by atoms with Gasteiger partial charge >= 0.3 is 0 Å². The van der Waals surface area contributed by atoms with E-state index in [0.29, 0.717) is 5.92 Å². The minimum atomic E-state index is -0.0209. The highest BCUT2D eigenvalue weighted by Gasteiger charge is 2.16. The van der Waals surface area contributed by atoms with Gasteiger partial charge in [0, 0.05) is 11.1 Å². The topological polar surface area (TPSA) is 38.7 Å². The van der Waals surface area contributed by atoms with Crippen LogP contribution in [0.3, 0.4) is 0 Å². The van der Waals surface area contributed by atoms with Crippen LogP contribution in [0.5, 0.6) is 11.5 Å². The van der Waals surface area contributed by atoms with Crippen molar-refractivity contribution in [2.45, 2.75) is 26.4 Å². The minimum absolute atomic E-state index is 0.0209. The molecule has 0 amide bonds. The predicted molar refractivity (Wildman–Crippen MR) is 59.6 cm³/mol. The molecule has 0 fully saturated rings. The highest BCUT2D eigenvalue weighted by molar-refractivity contribution is 5.51. The third kappa shape index (κ3) is 2.23. The number of methoxy groups -OCH3 is 2. The van der Waals surface area contributed by atoms with E-state index >= 15 is 0 Å². The first-order valence-corrected chi connectivity index (χ1v) is 5.00. The van der Waals surface area contributed by atoms with Crippen LogP contribution in [0.1, 0.15) is 30.9 Å². The lowest BCUT2D eigenvalue weighted by Crippen LogP contribution is -2.02. The molecule has 0 aliphatic heterocycles. The summed E-state index contributed by atoms with van der Waals surface area (Å²) in [7, 11) is 3.25. The van der Waals surface area contributed by atoms with E-state index in [1.165, 1.54) is 0 Å². The molecule has 0 saturated carbocycles. The summed E-state index contributed by atoms with van der Waals surface area (Å²) in [5, 5.41) is 9.20. The zero-order chi connectivity index (χ0) is 11.4. The van der Waals surface area contributed by atoms with Gasteiger partial charge in [-0.3, -0.25) is 0 Å². The van der Waals surface area contributed by atoms with Crippen molar-refractivity contribution in [1.29, 1.82) is 0 Å². The van der Waals surface area contributed by atoms with E-state index in [9.17, 15) is 5.11 Å². The second-order valence-electron chi connectivity index (χ2n) is 3.69. The first-order valence-electron chi connectivity index (χ1n) is 5.00. The van der Waals surface area contributed by atoms with Crippen LogP contribution in [0, 0.1) is 0 Å². The maximum Gasteiger partial charge on any atom is 0.131 e. The van der Waals surface area contributed by atoms with Gasteiger partial charge in [-0.05, 0) is 18.1 Å². The molecular weight excluding hydrogens is 192 g/mol. The fraction of sp³-hybridized carbons (Fsp3) is 0.500. The first kappa shape index (κ1) is 11.9. The normalized spacial score (nSPS) is 10.5. The Hall–Kier alpha value is -1.22. The summed E-state index contributed by atoms with van der Waals surface area (Å²) in [4.78, 5) is 0. The van der Waals surface area contributed by atoms with Gasteiger partial charge in [0.2, 0.25) is 0 Å². The van der Waals surface area contributed by atoms with Crippen LogP contribution < -0.4 is 9.47 Å². The van der Waals surface area contributed by atoms with E-state index in [2.05, 4.69) is 13.8 Å². The van der Waals surface area contributed by atoms with E-state index in [1.807, 2.05) is 12.1 Å². The molecule has 0 radical (unpaired) electrons. The van der Waals surface area contributed by atoms with Crippen molar-refractivity contribution in [3.8, 4) is 11.5 Å². The number of hydrogen-bond acceptors (Lipinski definition) is 3. The van der Waals surface area contributed by atoms with Gasteiger partial charge < -0.3 is 14.6 Å². The molecule has 3 heteroatoms. The number of ether oxygens (including phenoxy) is 2. The highest BCUT2D eigenvalue weighted by Crippen LogP contribution is 2.37. The fourth-order valence-electron chi connectivity index (χ4n) is 1.72. The maximum atomic E-state index is 9.20. The molecule has 1 aromatic carbocycles. The van der Waals surface area contributed by atoms with Crippen molar-refractivity contribution in [3.05, 3.63) is 23.3 Å². The summed E-state index contributed by atoms with van der Waals surface area (Å²) < 4.78 is 10.6. The molecule has 1 N–H and O–H groups in total. The van der Waals surface area contributed by atoms with Gasteiger partial charge in [-0.15, -0.1) is 0 Å². The second-order valence-corrected chi connectivity index (χ2v) is 3.69. The lowest BCUT2D eigenvalue weighted by Gasteiger charge is -2.18. The van der Waals surface area contributed by atoms with Gasteiger partial charge in [-0.2, -0.15) is 0 Å². The van der Waals surface area contributed by atoms with Crippen molar-refractivity contribution >= 4 is 0 Å². The van der Waals surface area contributed by atoms with E-state index in [4.69, 9.17) is 9.47 Å². The Balaban J connectivity index is 3.37. The standard InChI is InChI=1S/C12H18O3/c1-8(2)11-10(14-3)6-5-9(7-13)12(11)15-4/h5-6,8,13H,7H2,1-4H3. The van der Waals surface area contributed by atoms with Gasteiger partial charge in [-0.1, -0.05) is 13.8 Å². The molecule has 0 aliphatic carbocycles. The number of hydrogen-bond donors (Lipinski definition) is 1. The summed E-state index contributed by atoms with van der Waals surface area (Å²) >= 11 is 0. The fourth-order valence-corrected chi connectivity index (χ4v) is 1.72. The molecule has 0 bridgehead atoms. The largest absolute Gasteiger partial charge is 0.496 e. The zero-order valence-electron chi connectivity index (χ0n) is 9.70. The Labute approximate surface area is 90.6 Å². The molecule has 0 aliphatic rings. The lowest BCUT2D eigenvalue weighted by molar-refractivity contribution is 0.272.